The summed E-state index contributed by atoms with van der Waals surface area (Å²) in [5.74, 6) is 0.0604. The van der Waals surface area contributed by atoms with Gasteiger partial charge in [-0.1, -0.05) is 12.1 Å². The monoisotopic (exact) mass is 396 g/mol. The van der Waals surface area contributed by atoms with Crippen LogP contribution in [0.1, 0.15) is 16.7 Å². The Kier molecular flexibility index (Phi) is 5.46. The molecule has 28 heavy (non-hydrogen) atoms. The molecule has 1 saturated heterocycles. The van der Waals surface area contributed by atoms with Crippen molar-refractivity contribution in [2.45, 2.75) is 13.8 Å². The van der Waals surface area contributed by atoms with Crippen LogP contribution in [0, 0.1) is 13.8 Å². The molecule has 2 aromatic carbocycles. The number of aryl methyl sites for hydroxylation is 2. The second kappa shape index (κ2) is 7.82. The maximum Gasteiger partial charge on any atom is 0.270 e. The number of rotatable bonds is 4. The van der Waals surface area contributed by atoms with Crippen molar-refractivity contribution in [1.29, 1.82) is 0 Å². The molecule has 2 amide bonds. The van der Waals surface area contributed by atoms with Gasteiger partial charge in [-0.2, -0.15) is 0 Å². The van der Waals surface area contributed by atoms with Crippen LogP contribution in [-0.2, 0) is 9.59 Å². The Labute approximate surface area is 168 Å². The molecule has 1 N–H and O–H groups in total. The molecule has 1 fully saturated rings. The molecule has 1 aliphatic heterocycles. The lowest BCUT2D eigenvalue weighted by Gasteiger charge is -2.30. The summed E-state index contributed by atoms with van der Waals surface area (Å²) in [6, 6.07) is 10.9. The third kappa shape index (κ3) is 3.61. The van der Waals surface area contributed by atoms with Crippen molar-refractivity contribution >= 4 is 40.9 Å². The van der Waals surface area contributed by atoms with Gasteiger partial charge in [-0.05, 0) is 61.5 Å². The molecule has 0 saturated carbocycles. The third-order valence-electron chi connectivity index (χ3n) is 4.45. The molecule has 1 heterocycles. The van der Waals surface area contributed by atoms with Gasteiger partial charge >= 0.3 is 0 Å². The maximum absolute atomic E-state index is 13.2. The van der Waals surface area contributed by atoms with Crippen LogP contribution in [0.5, 0.6) is 11.5 Å². The van der Waals surface area contributed by atoms with Gasteiger partial charge in [-0.25, -0.2) is 0 Å². The molecule has 6 nitrogen and oxygen atoms in total. The second-order valence-corrected chi connectivity index (χ2v) is 6.74. The Hall–Kier alpha value is -3.19. The van der Waals surface area contributed by atoms with Crippen LogP contribution in [0.25, 0.3) is 6.08 Å². The highest BCUT2D eigenvalue weighted by atomic mass is 32.1. The van der Waals surface area contributed by atoms with Crippen LogP contribution < -0.4 is 19.7 Å². The first-order valence-electron chi connectivity index (χ1n) is 8.56. The Morgan fingerprint density at radius 1 is 1.04 bits per heavy atom. The van der Waals surface area contributed by atoms with Gasteiger partial charge < -0.3 is 9.47 Å². The molecule has 1 aliphatic rings. The van der Waals surface area contributed by atoms with E-state index < -0.39 is 11.8 Å². The molecule has 0 spiro atoms. The van der Waals surface area contributed by atoms with Crippen LogP contribution in [0.4, 0.5) is 5.69 Å². The van der Waals surface area contributed by atoms with E-state index in [0.717, 1.165) is 11.1 Å². The molecule has 7 heteroatoms. The Morgan fingerprint density at radius 2 is 1.79 bits per heavy atom. The number of thiocarbonyl (C=S) groups is 1. The summed E-state index contributed by atoms with van der Waals surface area (Å²) in [7, 11) is 3.06. The number of carbonyl (C=O) groups is 2. The predicted octanol–water partition coefficient (Wildman–Crippen LogP) is 3.15. The SMILES string of the molecule is COc1ccc(/C=C2\C(=O)NC(=S)N(c3cc(C)ccc3C)C2=O)c(OC)c1. The van der Waals surface area contributed by atoms with E-state index in [1.54, 1.807) is 25.3 Å². The first kappa shape index (κ1) is 19.6. The minimum absolute atomic E-state index is 0.0297. The summed E-state index contributed by atoms with van der Waals surface area (Å²) in [4.78, 5) is 27.0. The largest absolute Gasteiger partial charge is 0.497 e. The first-order valence-corrected chi connectivity index (χ1v) is 8.97. The minimum Gasteiger partial charge on any atom is -0.497 e. The standard InChI is InChI=1S/C21H20N2O4S/c1-12-5-6-13(2)17(9-12)23-20(25)16(19(24)22-21(23)28)10-14-7-8-15(26-3)11-18(14)27-4/h5-11H,1-4H3,(H,22,24,28)/b16-10+. The Balaban J connectivity index is 2.08. The molecule has 0 atom stereocenters. The molecule has 0 unspecified atom stereocenters. The van der Waals surface area contributed by atoms with Crippen LogP contribution in [0.3, 0.4) is 0 Å². The third-order valence-corrected chi connectivity index (χ3v) is 4.73. The van der Waals surface area contributed by atoms with Gasteiger partial charge in [0.05, 0.1) is 19.9 Å². The summed E-state index contributed by atoms with van der Waals surface area (Å²) in [5.41, 5.74) is 3.05. The van der Waals surface area contributed by atoms with Crippen molar-refractivity contribution in [2.24, 2.45) is 0 Å². The Bertz CT molecular complexity index is 1010. The van der Waals surface area contributed by atoms with Gasteiger partial charge in [0.2, 0.25) is 0 Å². The zero-order chi connectivity index (χ0) is 20.4. The molecule has 2 aromatic rings. The second-order valence-electron chi connectivity index (χ2n) is 6.36. The van der Waals surface area contributed by atoms with E-state index in [1.165, 1.54) is 18.1 Å². The average molecular weight is 396 g/mol. The molecule has 0 aliphatic carbocycles. The lowest BCUT2D eigenvalue weighted by Crippen LogP contribution is -2.54. The van der Waals surface area contributed by atoms with Crippen molar-refractivity contribution in [3.05, 3.63) is 58.7 Å². The van der Waals surface area contributed by atoms with Crippen molar-refractivity contribution in [3.63, 3.8) is 0 Å². The number of benzene rings is 2. The van der Waals surface area contributed by atoms with E-state index in [4.69, 9.17) is 21.7 Å². The van der Waals surface area contributed by atoms with Crippen molar-refractivity contribution in [2.75, 3.05) is 19.1 Å². The molecule has 0 aromatic heterocycles. The number of carbonyl (C=O) groups excluding carboxylic acids is 2. The maximum atomic E-state index is 13.2. The zero-order valence-electron chi connectivity index (χ0n) is 16.0. The molecular weight excluding hydrogens is 376 g/mol. The quantitative estimate of drug-likeness (QED) is 0.489. The molecule has 3 rings (SSSR count). The number of nitrogens with zero attached hydrogens (tertiary/aromatic N) is 1. The number of hydrogen-bond acceptors (Lipinski definition) is 5. The van der Waals surface area contributed by atoms with E-state index in [1.807, 2.05) is 32.0 Å². The number of ether oxygens (including phenoxy) is 2. The lowest BCUT2D eigenvalue weighted by molar-refractivity contribution is -0.122. The van der Waals surface area contributed by atoms with Gasteiger partial charge in [0, 0.05) is 11.6 Å². The average Bonchev–Trinajstić information content (AvgIpc) is 2.67. The molecule has 0 bridgehead atoms. The van der Waals surface area contributed by atoms with E-state index in [-0.39, 0.29) is 10.7 Å². The van der Waals surface area contributed by atoms with E-state index in [9.17, 15) is 9.59 Å². The summed E-state index contributed by atoms with van der Waals surface area (Å²) in [5, 5.41) is 2.66. The van der Waals surface area contributed by atoms with Crippen LogP contribution in [0.15, 0.2) is 42.0 Å². The number of amides is 2. The predicted molar refractivity (Wildman–Crippen MR) is 112 cm³/mol. The Morgan fingerprint density at radius 3 is 2.46 bits per heavy atom. The summed E-state index contributed by atoms with van der Waals surface area (Å²) < 4.78 is 10.5. The number of anilines is 1. The van der Waals surface area contributed by atoms with E-state index in [2.05, 4.69) is 5.32 Å². The van der Waals surface area contributed by atoms with E-state index >= 15 is 0 Å². The molecular formula is C21H20N2O4S. The smallest absolute Gasteiger partial charge is 0.270 e. The fourth-order valence-electron chi connectivity index (χ4n) is 2.93. The fourth-order valence-corrected chi connectivity index (χ4v) is 3.20. The van der Waals surface area contributed by atoms with Crippen molar-refractivity contribution < 1.29 is 19.1 Å². The van der Waals surface area contributed by atoms with Gasteiger partial charge in [-0.3, -0.25) is 19.8 Å². The van der Waals surface area contributed by atoms with Gasteiger partial charge in [0.15, 0.2) is 5.11 Å². The fraction of sp³-hybridized carbons (Fsp3) is 0.190. The summed E-state index contributed by atoms with van der Waals surface area (Å²) >= 11 is 5.27. The highest BCUT2D eigenvalue weighted by Gasteiger charge is 2.35. The van der Waals surface area contributed by atoms with Crippen molar-refractivity contribution in [3.8, 4) is 11.5 Å². The first-order chi connectivity index (χ1) is 13.3. The lowest BCUT2D eigenvalue weighted by atomic mass is 10.0. The minimum atomic E-state index is -0.547. The molecule has 0 radical (unpaired) electrons. The number of methoxy groups -OCH3 is 2. The van der Waals surface area contributed by atoms with Gasteiger partial charge in [0.25, 0.3) is 11.8 Å². The number of hydrogen-bond donors (Lipinski definition) is 1. The van der Waals surface area contributed by atoms with Crippen LogP contribution in [0.2, 0.25) is 0 Å². The molecule has 144 valence electrons. The highest BCUT2D eigenvalue weighted by molar-refractivity contribution is 7.80. The van der Waals surface area contributed by atoms with Crippen LogP contribution >= 0.6 is 12.2 Å². The van der Waals surface area contributed by atoms with Crippen molar-refractivity contribution in [1.82, 2.24) is 5.32 Å². The van der Waals surface area contributed by atoms with Crippen LogP contribution in [-0.4, -0.2) is 31.1 Å². The highest BCUT2D eigenvalue weighted by Crippen LogP contribution is 2.29. The summed E-state index contributed by atoms with van der Waals surface area (Å²) in [6.45, 7) is 3.81. The van der Waals surface area contributed by atoms with Gasteiger partial charge in [-0.15, -0.1) is 0 Å². The van der Waals surface area contributed by atoms with Gasteiger partial charge in [0.1, 0.15) is 17.1 Å². The summed E-state index contributed by atoms with van der Waals surface area (Å²) in [6.07, 6.45) is 1.50. The normalized spacial score (nSPS) is 15.6. The topological polar surface area (TPSA) is 67.9 Å². The zero-order valence-corrected chi connectivity index (χ0v) is 16.8. The number of nitrogens with one attached hydrogen (secondary N) is 1. The van der Waals surface area contributed by atoms with E-state index in [0.29, 0.717) is 22.7 Å².